The maximum absolute atomic E-state index is 12.5. The van der Waals surface area contributed by atoms with Crippen molar-refractivity contribution in [3.05, 3.63) is 47.3 Å². The number of hydrogen-bond donors (Lipinski definition) is 1. The SMILES string of the molecule is CCCCN(C)C(=O)c1cc(C)nc(Nc2ccc(C#N)cc2)n1. The van der Waals surface area contributed by atoms with Gasteiger partial charge in [0.05, 0.1) is 11.6 Å². The minimum atomic E-state index is -0.114. The predicted molar refractivity (Wildman–Crippen MR) is 93.1 cm³/mol. The fourth-order valence-corrected chi connectivity index (χ4v) is 2.18. The summed E-state index contributed by atoms with van der Waals surface area (Å²) < 4.78 is 0. The fourth-order valence-electron chi connectivity index (χ4n) is 2.18. The number of rotatable bonds is 6. The molecule has 2 rings (SSSR count). The number of benzene rings is 1. The highest BCUT2D eigenvalue weighted by Gasteiger charge is 2.15. The Morgan fingerprint density at radius 1 is 1.29 bits per heavy atom. The van der Waals surface area contributed by atoms with Crippen LogP contribution in [0.15, 0.2) is 30.3 Å². The zero-order valence-corrected chi connectivity index (χ0v) is 14.2. The van der Waals surface area contributed by atoms with Gasteiger partial charge in [-0.1, -0.05) is 13.3 Å². The molecule has 1 amide bonds. The molecule has 0 aliphatic carbocycles. The molecule has 1 aromatic heterocycles. The van der Waals surface area contributed by atoms with Crippen LogP contribution in [0.2, 0.25) is 0 Å². The number of nitrogens with one attached hydrogen (secondary N) is 1. The van der Waals surface area contributed by atoms with Crippen LogP contribution in [0, 0.1) is 18.3 Å². The van der Waals surface area contributed by atoms with Gasteiger partial charge in [0.2, 0.25) is 5.95 Å². The Balaban J connectivity index is 2.18. The van der Waals surface area contributed by atoms with Crippen LogP contribution in [0.3, 0.4) is 0 Å². The molecule has 0 spiro atoms. The average molecular weight is 323 g/mol. The van der Waals surface area contributed by atoms with Gasteiger partial charge in [-0.15, -0.1) is 0 Å². The Bertz CT molecular complexity index is 749. The lowest BCUT2D eigenvalue weighted by Gasteiger charge is -2.17. The molecule has 0 unspecified atom stereocenters. The van der Waals surface area contributed by atoms with Gasteiger partial charge in [-0.05, 0) is 43.7 Å². The molecule has 0 aliphatic heterocycles. The molecule has 0 atom stereocenters. The van der Waals surface area contributed by atoms with Gasteiger partial charge in [0, 0.05) is 25.0 Å². The minimum absolute atomic E-state index is 0.114. The van der Waals surface area contributed by atoms with E-state index in [4.69, 9.17) is 5.26 Å². The van der Waals surface area contributed by atoms with Crippen LogP contribution < -0.4 is 5.32 Å². The van der Waals surface area contributed by atoms with Crippen molar-refractivity contribution in [2.24, 2.45) is 0 Å². The molecule has 0 radical (unpaired) electrons. The number of carbonyl (C=O) groups excluding carboxylic acids is 1. The topological polar surface area (TPSA) is 81.9 Å². The van der Waals surface area contributed by atoms with E-state index in [1.165, 1.54) is 0 Å². The zero-order chi connectivity index (χ0) is 17.5. The lowest BCUT2D eigenvalue weighted by Crippen LogP contribution is -2.28. The molecule has 6 nitrogen and oxygen atoms in total. The molecule has 0 aliphatic rings. The Labute approximate surface area is 142 Å². The number of aryl methyl sites for hydroxylation is 1. The van der Waals surface area contributed by atoms with Crippen LogP contribution in [-0.2, 0) is 0 Å². The molecular weight excluding hydrogens is 302 g/mol. The summed E-state index contributed by atoms with van der Waals surface area (Å²) in [5.41, 5.74) is 2.43. The van der Waals surface area contributed by atoms with Crippen LogP contribution in [0.25, 0.3) is 0 Å². The number of nitriles is 1. The van der Waals surface area contributed by atoms with Gasteiger partial charge >= 0.3 is 0 Å². The Hall–Kier alpha value is -2.94. The Morgan fingerprint density at radius 3 is 2.62 bits per heavy atom. The van der Waals surface area contributed by atoms with Crippen LogP contribution in [0.1, 0.15) is 41.5 Å². The largest absolute Gasteiger partial charge is 0.340 e. The molecule has 124 valence electrons. The average Bonchev–Trinajstić information content (AvgIpc) is 2.59. The molecule has 0 saturated carbocycles. The Morgan fingerprint density at radius 2 is 2.00 bits per heavy atom. The third-order valence-electron chi connectivity index (χ3n) is 3.54. The summed E-state index contributed by atoms with van der Waals surface area (Å²) in [5.74, 6) is 0.253. The maximum atomic E-state index is 12.5. The third-order valence-corrected chi connectivity index (χ3v) is 3.54. The van der Waals surface area contributed by atoms with Gasteiger partial charge in [0.15, 0.2) is 0 Å². The molecule has 6 heteroatoms. The number of amides is 1. The Kier molecular flexibility index (Phi) is 5.85. The normalized spacial score (nSPS) is 10.1. The molecule has 0 fully saturated rings. The number of anilines is 2. The van der Waals surface area contributed by atoms with Crippen molar-refractivity contribution >= 4 is 17.5 Å². The van der Waals surface area contributed by atoms with Crippen molar-refractivity contribution in [2.45, 2.75) is 26.7 Å². The second kappa shape index (κ2) is 8.06. The van der Waals surface area contributed by atoms with E-state index in [1.54, 1.807) is 42.3 Å². The first-order valence-electron chi connectivity index (χ1n) is 7.92. The quantitative estimate of drug-likeness (QED) is 0.882. The molecule has 0 bridgehead atoms. The minimum Gasteiger partial charge on any atom is -0.340 e. The first-order valence-corrected chi connectivity index (χ1v) is 7.92. The maximum Gasteiger partial charge on any atom is 0.272 e. The van der Waals surface area contributed by atoms with E-state index in [0.717, 1.165) is 18.5 Å². The fraction of sp³-hybridized carbons (Fsp3) is 0.333. The first kappa shape index (κ1) is 17.4. The number of nitrogens with zero attached hydrogens (tertiary/aromatic N) is 4. The van der Waals surface area contributed by atoms with E-state index in [-0.39, 0.29) is 5.91 Å². The summed E-state index contributed by atoms with van der Waals surface area (Å²) in [7, 11) is 1.78. The van der Waals surface area contributed by atoms with Gasteiger partial charge in [0.25, 0.3) is 5.91 Å². The predicted octanol–water partition coefficient (Wildman–Crippen LogP) is 3.27. The standard InChI is InChI=1S/C18H21N5O/c1-4-5-10-23(3)17(24)16-11-13(2)20-18(22-16)21-15-8-6-14(12-19)7-9-15/h6-9,11H,4-5,10H2,1-3H3,(H,20,21,22). The lowest BCUT2D eigenvalue weighted by molar-refractivity contribution is 0.0787. The number of hydrogen-bond acceptors (Lipinski definition) is 5. The van der Waals surface area contributed by atoms with E-state index in [1.807, 2.05) is 6.92 Å². The highest BCUT2D eigenvalue weighted by Crippen LogP contribution is 2.15. The van der Waals surface area contributed by atoms with Crippen LogP contribution in [0.4, 0.5) is 11.6 Å². The molecule has 1 N–H and O–H groups in total. The van der Waals surface area contributed by atoms with Crippen LogP contribution >= 0.6 is 0 Å². The molecular formula is C18H21N5O. The highest BCUT2D eigenvalue weighted by atomic mass is 16.2. The number of carbonyl (C=O) groups is 1. The van der Waals surface area contributed by atoms with E-state index in [0.29, 0.717) is 29.4 Å². The smallest absolute Gasteiger partial charge is 0.272 e. The van der Waals surface area contributed by atoms with E-state index < -0.39 is 0 Å². The summed E-state index contributed by atoms with van der Waals surface area (Å²) in [6.45, 7) is 4.62. The zero-order valence-electron chi connectivity index (χ0n) is 14.2. The first-order chi connectivity index (χ1) is 11.5. The van der Waals surface area contributed by atoms with Gasteiger partial charge in [0.1, 0.15) is 5.69 Å². The monoisotopic (exact) mass is 323 g/mol. The van der Waals surface area contributed by atoms with Crippen LogP contribution in [-0.4, -0.2) is 34.4 Å². The highest BCUT2D eigenvalue weighted by molar-refractivity contribution is 5.92. The summed E-state index contributed by atoms with van der Waals surface area (Å²) in [4.78, 5) is 22.8. The van der Waals surface area contributed by atoms with Gasteiger partial charge in [-0.2, -0.15) is 5.26 Å². The van der Waals surface area contributed by atoms with Crippen molar-refractivity contribution in [1.82, 2.24) is 14.9 Å². The van der Waals surface area contributed by atoms with Crippen molar-refractivity contribution in [3.63, 3.8) is 0 Å². The van der Waals surface area contributed by atoms with Gasteiger partial charge < -0.3 is 10.2 Å². The second-order valence-corrected chi connectivity index (χ2v) is 5.61. The van der Waals surface area contributed by atoms with Crippen molar-refractivity contribution in [3.8, 4) is 6.07 Å². The summed E-state index contributed by atoms with van der Waals surface area (Å²) >= 11 is 0. The summed E-state index contributed by atoms with van der Waals surface area (Å²) in [6, 6.07) is 10.7. The summed E-state index contributed by atoms with van der Waals surface area (Å²) in [5, 5.41) is 11.9. The van der Waals surface area contributed by atoms with Crippen LogP contribution in [0.5, 0.6) is 0 Å². The summed E-state index contributed by atoms with van der Waals surface area (Å²) in [6.07, 6.45) is 1.99. The van der Waals surface area contributed by atoms with E-state index in [2.05, 4.69) is 28.3 Å². The number of unbranched alkanes of at least 4 members (excludes halogenated alkanes) is 1. The van der Waals surface area contributed by atoms with Crippen molar-refractivity contribution < 1.29 is 4.79 Å². The third kappa shape index (κ3) is 4.53. The molecule has 2 aromatic rings. The van der Waals surface area contributed by atoms with Crippen molar-refractivity contribution in [2.75, 3.05) is 18.9 Å². The molecule has 1 heterocycles. The van der Waals surface area contributed by atoms with Crippen molar-refractivity contribution in [1.29, 1.82) is 5.26 Å². The molecule has 0 saturated heterocycles. The molecule has 24 heavy (non-hydrogen) atoms. The lowest BCUT2D eigenvalue weighted by atomic mass is 10.2. The van der Waals surface area contributed by atoms with E-state index >= 15 is 0 Å². The second-order valence-electron chi connectivity index (χ2n) is 5.61. The van der Waals surface area contributed by atoms with Gasteiger partial charge in [-0.25, -0.2) is 9.97 Å². The van der Waals surface area contributed by atoms with Gasteiger partial charge in [-0.3, -0.25) is 4.79 Å². The molecule has 1 aromatic carbocycles. The number of aromatic nitrogens is 2. The van der Waals surface area contributed by atoms with E-state index in [9.17, 15) is 4.79 Å².